The molecule has 3 rings (SSSR count). The van der Waals surface area contributed by atoms with E-state index in [1.54, 1.807) is 12.1 Å². The minimum atomic E-state index is -0.159. The molecule has 1 saturated heterocycles. The Morgan fingerprint density at radius 1 is 0.958 bits per heavy atom. The van der Waals surface area contributed by atoms with E-state index in [0.29, 0.717) is 6.54 Å². The fourth-order valence-electron chi connectivity index (χ4n) is 3.32. The molecule has 1 aliphatic rings. The van der Waals surface area contributed by atoms with Gasteiger partial charge in [0.2, 0.25) is 0 Å². The van der Waals surface area contributed by atoms with Crippen LogP contribution in [0, 0.1) is 5.82 Å². The first-order valence-corrected chi connectivity index (χ1v) is 8.76. The monoisotopic (exact) mass is 327 g/mol. The Kier molecular flexibility index (Phi) is 5.83. The van der Waals surface area contributed by atoms with Crippen molar-refractivity contribution in [2.45, 2.75) is 19.4 Å². The minimum Gasteiger partial charge on any atom is -0.369 e. The number of hydrogen-bond donors (Lipinski definition) is 1. The number of hydrogen-bond acceptors (Lipinski definition) is 3. The Bertz CT molecular complexity index is 637. The van der Waals surface area contributed by atoms with Crippen molar-refractivity contribution in [1.82, 2.24) is 4.90 Å². The number of piperazine rings is 1. The molecule has 0 unspecified atom stereocenters. The maximum absolute atomic E-state index is 13.7. The second-order valence-electron chi connectivity index (χ2n) is 6.41. The van der Waals surface area contributed by atoms with E-state index in [1.165, 1.54) is 11.1 Å². The summed E-state index contributed by atoms with van der Waals surface area (Å²) in [5, 5.41) is 0. The van der Waals surface area contributed by atoms with Gasteiger partial charge in [-0.2, -0.15) is 0 Å². The quantitative estimate of drug-likeness (QED) is 0.885. The lowest BCUT2D eigenvalue weighted by Gasteiger charge is -2.37. The van der Waals surface area contributed by atoms with Gasteiger partial charge in [-0.3, -0.25) is 4.90 Å². The molecule has 0 aromatic heterocycles. The SMILES string of the molecule is NCCCc1ccc(F)cc1N1CCN(Cc2ccccc2)CC1. The third kappa shape index (κ3) is 4.34. The molecular weight excluding hydrogens is 301 g/mol. The van der Waals surface area contributed by atoms with Crippen molar-refractivity contribution >= 4 is 5.69 Å². The van der Waals surface area contributed by atoms with Gasteiger partial charge in [-0.1, -0.05) is 36.4 Å². The van der Waals surface area contributed by atoms with Gasteiger partial charge in [-0.05, 0) is 42.6 Å². The number of aryl methyl sites for hydroxylation is 1. The van der Waals surface area contributed by atoms with Crippen molar-refractivity contribution in [2.75, 3.05) is 37.6 Å². The minimum absolute atomic E-state index is 0.159. The van der Waals surface area contributed by atoms with E-state index in [2.05, 4.69) is 34.1 Å². The molecule has 0 amide bonds. The highest BCUT2D eigenvalue weighted by Crippen LogP contribution is 2.25. The highest BCUT2D eigenvalue weighted by molar-refractivity contribution is 5.54. The molecule has 2 aromatic rings. The van der Waals surface area contributed by atoms with Gasteiger partial charge >= 0.3 is 0 Å². The zero-order valence-electron chi connectivity index (χ0n) is 14.1. The Labute approximate surface area is 143 Å². The second-order valence-corrected chi connectivity index (χ2v) is 6.41. The summed E-state index contributed by atoms with van der Waals surface area (Å²) >= 11 is 0. The van der Waals surface area contributed by atoms with Crippen LogP contribution in [0.2, 0.25) is 0 Å². The van der Waals surface area contributed by atoms with Crippen LogP contribution in [-0.2, 0) is 13.0 Å². The molecular formula is C20H26FN3. The van der Waals surface area contributed by atoms with E-state index >= 15 is 0 Å². The van der Waals surface area contributed by atoms with Crippen LogP contribution in [0.15, 0.2) is 48.5 Å². The Morgan fingerprint density at radius 3 is 2.42 bits per heavy atom. The molecule has 3 nitrogen and oxygen atoms in total. The molecule has 0 radical (unpaired) electrons. The van der Waals surface area contributed by atoms with Gasteiger partial charge in [0.1, 0.15) is 5.82 Å². The average Bonchev–Trinajstić information content (AvgIpc) is 2.62. The third-order valence-electron chi connectivity index (χ3n) is 4.66. The molecule has 0 saturated carbocycles. The normalized spacial score (nSPS) is 15.7. The number of rotatable bonds is 6. The van der Waals surface area contributed by atoms with Gasteiger partial charge < -0.3 is 10.6 Å². The molecule has 0 atom stereocenters. The highest BCUT2D eigenvalue weighted by Gasteiger charge is 2.19. The molecule has 128 valence electrons. The fourth-order valence-corrected chi connectivity index (χ4v) is 3.32. The van der Waals surface area contributed by atoms with E-state index in [1.807, 2.05) is 12.1 Å². The maximum Gasteiger partial charge on any atom is 0.125 e. The standard InChI is InChI=1S/C20H26FN3/c21-19-9-8-18(7-4-10-22)20(15-19)24-13-11-23(12-14-24)16-17-5-2-1-3-6-17/h1-3,5-6,8-9,15H,4,7,10-14,16,22H2. The Hall–Kier alpha value is -1.91. The van der Waals surface area contributed by atoms with Gasteiger partial charge in [-0.25, -0.2) is 4.39 Å². The lowest BCUT2D eigenvalue weighted by molar-refractivity contribution is 0.249. The van der Waals surface area contributed by atoms with Crippen LogP contribution in [0.3, 0.4) is 0 Å². The largest absolute Gasteiger partial charge is 0.369 e. The maximum atomic E-state index is 13.7. The Balaban J connectivity index is 1.63. The summed E-state index contributed by atoms with van der Waals surface area (Å²) in [6.45, 7) is 5.53. The number of nitrogens with zero attached hydrogens (tertiary/aromatic N) is 2. The molecule has 2 aromatic carbocycles. The summed E-state index contributed by atoms with van der Waals surface area (Å²) in [6.07, 6.45) is 1.85. The first kappa shape index (κ1) is 16.9. The van der Waals surface area contributed by atoms with E-state index in [-0.39, 0.29) is 5.82 Å². The lowest BCUT2D eigenvalue weighted by atomic mass is 10.1. The first-order valence-electron chi connectivity index (χ1n) is 8.76. The fraction of sp³-hybridized carbons (Fsp3) is 0.400. The predicted octanol–water partition coefficient (Wildman–Crippen LogP) is 3.04. The van der Waals surface area contributed by atoms with Crippen LogP contribution < -0.4 is 10.6 Å². The summed E-state index contributed by atoms with van der Waals surface area (Å²) in [4.78, 5) is 4.78. The number of halogens is 1. The van der Waals surface area contributed by atoms with E-state index in [9.17, 15) is 4.39 Å². The van der Waals surface area contributed by atoms with Crippen LogP contribution in [0.1, 0.15) is 17.5 Å². The van der Waals surface area contributed by atoms with Gasteiger partial charge in [0.15, 0.2) is 0 Å². The summed E-state index contributed by atoms with van der Waals surface area (Å²) in [5.74, 6) is -0.159. The van der Waals surface area contributed by atoms with Gasteiger partial charge in [0.25, 0.3) is 0 Å². The van der Waals surface area contributed by atoms with E-state index < -0.39 is 0 Å². The molecule has 0 bridgehead atoms. The molecule has 0 spiro atoms. The second kappa shape index (κ2) is 8.27. The smallest absolute Gasteiger partial charge is 0.125 e. The summed E-state index contributed by atoms with van der Waals surface area (Å²) in [7, 11) is 0. The predicted molar refractivity (Wildman–Crippen MR) is 97.7 cm³/mol. The zero-order valence-corrected chi connectivity index (χ0v) is 14.1. The van der Waals surface area contributed by atoms with Crippen molar-refractivity contribution < 1.29 is 4.39 Å². The zero-order chi connectivity index (χ0) is 16.8. The number of anilines is 1. The highest BCUT2D eigenvalue weighted by atomic mass is 19.1. The summed E-state index contributed by atoms with van der Waals surface area (Å²) < 4.78 is 13.7. The molecule has 0 aliphatic carbocycles. The van der Waals surface area contributed by atoms with Crippen LogP contribution >= 0.6 is 0 Å². The van der Waals surface area contributed by atoms with E-state index in [0.717, 1.165) is 51.3 Å². The van der Waals surface area contributed by atoms with E-state index in [4.69, 9.17) is 5.73 Å². The van der Waals surface area contributed by atoms with Crippen molar-refractivity contribution in [1.29, 1.82) is 0 Å². The van der Waals surface area contributed by atoms with Gasteiger partial charge in [0.05, 0.1) is 0 Å². The average molecular weight is 327 g/mol. The van der Waals surface area contributed by atoms with Crippen LogP contribution in [-0.4, -0.2) is 37.6 Å². The topological polar surface area (TPSA) is 32.5 Å². The van der Waals surface area contributed by atoms with Crippen LogP contribution in [0.4, 0.5) is 10.1 Å². The first-order chi connectivity index (χ1) is 11.8. The summed E-state index contributed by atoms with van der Waals surface area (Å²) in [5.41, 5.74) is 9.23. The third-order valence-corrected chi connectivity index (χ3v) is 4.66. The van der Waals surface area contributed by atoms with Crippen molar-refractivity contribution in [2.24, 2.45) is 5.73 Å². The number of benzene rings is 2. The molecule has 24 heavy (non-hydrogen) atoms. The molecule has 1 aliphatic heterocycles. The van der Waals surface area contributed by atoms with Crippen molar-refractivity contribution in [3.63, 3.8) is 0 Å². The molecule has 1 heterocycles. The van der Waals surface area contributed by atoms with Gasteiger partial charge in [-0.15, -0.1) is 0 Å². The van der Waals surface area contributed by atoms with Gasteiger partial charge in [0, 0.05) is 38.4 Å². The van der Waals surface area contributed by atoms with Crippen molar-refractivity contribution in [3.8, 4) is 0 Å². The summed E-state index contributed by atoms with van der Waals surface area (Å²) in [6, 6.07) is 15.7. The van der Waals surface area contributed by atoms with Crippen LogP contribution in [0.25, 0.3) is 0 Å². The Morgan fingerprint density at radius 2 is 1.71 bits per heavy atom. The van der Waals surface area contributed by atoms with Crippen molar-refractivity contribution in [3.05, 3.63) is 65.5 Å². The lowest BCUT2D eigenvalue weighted by Crippen LogP contribution is -2.46. The molecule has 2 N–H and O–H groups in total. The number of nitrogens with two attached hydrogens (primary N) is 1. The molecule has 1 fully saturated rings. The van der Waals surface area contributed by atoms with Crippen LogP contribution in [0.5, 0.6) is 0 Å². The molecule has 4 heteroatoms.